The lowest BCUT2D eigenvalue weighted by molar-refractivity contribution is -0.137. The minimum Gasteiger partial charge on any atom is -0.377 e. The SMILES string of the molecule is CN1CCN(c2cc3c(NCc4nnc5ccc(-c6cccs6)nn45)cc(C(F)(F)F)cc3nc2C2CC2)CC1. The summed E-state index contributed by atoms with van der Waals surface area (Å²) in [6.07, 6.45) is -2.46. The van der Waals surface area contributed by atoms with E-state index in [1.807, 2.05) is 35.7 Å². The second-order valence-electron chi connectivity index (χ2n) is 10.5. The van der Waals surface area contributed by atoms with Crippen molar-refractivity contribution in [2.24, 2.45) is 0 Å². The van der Waals surface area contributed by atoms with Gasteiger partial charge in [0.1, 0.15) is 5.69 Å². The van der Waals surface area contributed by atoms with Gasteiger partial charge in [0.25, 0.3) is 0 Å². The standard InChI is InChI=1S/C28H27F3N8S/c1-37-8-10-38(11-9-37)23-15-19-21(13-18(28(29,30)31)14-22(19)33-27(23)17-4-5-17)32-16-26-35-34-25-7-6-20(36-39(25)26)24-3-2-12-40-24/h2-3,6-7,12-15,17,32H,4-5,8-11,16H2,1H3. The highest BCUT2D eigenvalue weighted by atomic mass is 32.1. The molecule has 206 valence electrons. The Balaban J connectivity index is 1.29. The topological polar surface area (TPSA) is 74.5 Å². The van der Waals surface area contributed by atoms with Crippen LogP contribution >= 0.6 is 11.3 Å². The second kappa shape index (κ2) is 9.70. The summed E-state index contributed by atoms with van der Waals surface area (Å²) in [6.45, 7) is 3.72. The number of hydrogen-bond donors (Lipinski definition) is 1. The third-order valence-electron chi connectivity index (χ3n) is 7.62. The van der Waals surface area contributed by atoms with Gasteiger partial charge in [0.2, 0.25) is 0 Å². The number of fused-ring (bicyclic) bond motifs is 2. The van der Waals surface area contributed by atoms with Crippen LogP contribution in [0.15, 0.2) is 47.8 Å². The molecule has 0 unspecified atom stereocenters. The molecule has 1 saturated heterocycles. The molecule has 0 spiro atoms. The van der Waals surface area contributed by atoms with E-state index in [4.69, 9.17) is 4.98 Å². The predicted octanol–water partition coefficient (Wildman–Crippen LogP) is 5.66. The van der Waals surface area contributed by atoms with Crippen molar-refractivity contribution in [3.05, 3.63) is 64.9 Å². The first-order valence-electron chi connectivity index (χ1n) is 13.3. The number of piperazine rings is 1. The molecule has 2 fully saturated rings. The number of pyridine rings is 1. The molecule has 0 amide bonds. The normalized spacial score (nSPS) is 16.8. The molecule has 40 heavy (non-hydrogen) atoms. The summed E-state index contributed by atoms with van der Waals surface area (Å²) in [5.41, 5.74) is 3.27. The molecule has 0 atom stereocenters. The van der Waals surface area contributed by atoms with E-state index in [1.54, 1.807) is 15.9 Å². The Morgan fingerprint density at radius 2 is 1.85 bits per heavy atom. The van der Waals surface area contributed by atoms with E-state index >= 15 is 0 Å². The third-order valence-corrected chi connectivity index (χ3v) is 8.51. The number of aromatic nitrogens is 5. The van der Waals surface area contributed by atoms with Crippen LogP contribution in [-0.2, 0) is 12.7 Å². The third kappa shape index (κ3) is 4.75. The number of benzene rings is 1. The molecular formula is C28H27F3N8S. The molecule has 8 nitrogen and oxygen atoms in total. The molecule has 12 heteroatoms. The molecule has 2 aliphatic rings. The van der Waals surface area contributed by atoms with Crippen LogP contribution in [0.4, 0.5) is 24.5 Å². The number of halogens is 3. The lowest BCUT2D eigenvalue weighted by Crippen LogP contribution is -2.44. The van der Waals surface area contributed by atoms with Crippen molar-refractivity contribution >= 4 is 39.3 Å². The average molecular weight is 565 g/mol. The van der Waals surface area contributed by atoms with E-state index in [-0.39, 0.29) is 6.54 Å². The summed E-state index contributed by atoms with van der Waals surface area (Å²) < 4.78 is 43.5. The first-order chi connectivity index (χ1) is 19.3. The van der Waals surface area contributed by atoms with E-state index in [0.717, 1.165) is 61.0 Å². The van der Waals surface area contributed by atoms with Crippen molar-refractivity contribution in [2.75, 3.05) is 43.4 Å². The smallest absolute Gasteiger partial charge is 0.377 e. The first kappa shape index (κ1) is 25.2. The summed E-state index contributed by atoms with van der Waals surface area (Å²) in [7, 11) is 2.10. The number of rotatable bonds is 6. The summed E-state index contributed by atoms with van der Waals surface area (Å²) in [5, 5.41) is 19.0. The molecule has 1 aliphatic heterocycles. The molecule has 7 rings (SSSR count). The van der Waals surface area contributed by atoms with Crippen molar-refractivity contribution in [1.29, 1.82) is 0 Å². The number of nitrogens with zero attached hydrogens (tertiary/aromatic N) is 7. The van der Waals surface area contributed by atoms with Crippen LogP contribution in [0.1, 0.15) is 35.8 Å². The average Bonchev–Trinajstić information content (AvgIpc) is 3.48. The number of alkyl halides is 3. The monoisotopic (exact) mass is 564 g/mol. The van der Waals surface area contributed by atoms with Crippen molar-refractivity contribution in [3.63, 3.8) is 0 Å². The number of hydrogen-bond acceptors (Lipinski definition) is 8. The Hall–Kier alpha value is -3.77. The lowest BCUT2D eigenvalue weighted by Gasteiger charge is -2.35. The maximum atomic E-state index is 14.0. The van der Waals surface area contributed by atoms with Gasteiger partial charge in [-0.05, 0) is 61.7 Å². The molecule has 1 aromatic carbocycles. The fourth-order valence-electron chi connectivity index (χ4n) is 5.22. The van der Waals surface area contributed by atoms with Crippen LogP contribution in [0.25, 0.3) is 27.1 Å². The highest BCUT2D eigenvalue weighted by molar-refractivity contribution is 7.13. The van der Waals surface area contributed by atoms with Crippen molar-refractivity contribution < 1.29 is 13.2 Å². The van der Waals surface area contributed by atoms with Crippen molar-refractivity contribution in [2.45, 2.75) is 31.5 Å². The zero-order chi connectivity index (χ0) is 27.4. The first-order valence-corrected chi connectivity index (χ1v) is 14.2. The van der Waals surface area contributed by atoms with Crippen LogP contribution in [0, 0.1) is 0 Å². The lowest BCUT2D eigenvalue weighted by atomic mass is 10.0. The summed E-state index contributed by atoms with van der Waals surface area (Å²) in [5.74, 6) is 0.803. The fraction of sp³-hybridized carbons (Fsp3) is 0.357. The molecule has 5 aromatic rings. The molecule has 1 N–H and O–H groups in total. The highest BCUT2D eigenvalue weighted by Crippen LogP contribution is 2.46. The molecule has 4 aromatic heterocycles. The van der Waals surface area contributed by atoms with Crippen LogP contribution < -0.4 is 10.2 Å². The van der Waals surface area contributed by atoms with Gasteiger partial charge in [0.15, 0.2) is 11.5 Å². The number of likely N-dealkylation sites (N-methyl/N-ethyl adjacent to an activating group) is 1. The largest absolute Gasteiger partial charge is 0.416 e. The Morgan fingerprint density at radius 3 is 2.58 bits per heavy atom. The second-order valence-corrected chi connectivity index (χ2v) is 11.4. The maximum Gasteiger partial charge on any atom is 0.416 e. The van der Waals surface area contributed by atoms with E-state index in [1.165, 1.54) is 12.1 Å². The van der Waals surface area contributed by atoms with Gasteiger partial charge in [-0.2, -0.15) is 22.8 Å². The number of anilines is 2. The van der Waals surface area contributed by atoms with Gasteiger partial charge in [-0.15, -0.1) is 21.5 Å². The minimum absolute atomic E-state index is 0.146. The molecule has 0 radical (unpaired) electrons. The van der Waals surface area contributed by atoms with Crippen LogP contribution in [-0.4, -0.2) is 62.9 Å². The molecular weight excluding hydrogens is 537 g/mol. The maximum absolute atomic E-state index is 14.0. The number of nitrogens with one attached hydrogen (secondary N) is 1. The van der Waals surface area contributed by atoms with E-state index in [9.17, 15) is 13.2 Å². The van der Waals surface area contributed by atoms with Crippen molar-refractivity contribution in [1.82, 2.24) is 29.7 Å². The van der Waals surface area contributed by atoms with Gasteiger partial charge in [0.05, 0.1) is 33.9 Å². The van der Waals surface area contributed by atoms with Gasteiger partial charge >= 0.3 is 6.18 Å². The fourth-order valence-corrected chi connectivity index (χ4v) is 5.91. The van der Waals surface area contributed by atoms with Crippen LogP contribution in [0.5, 0.6) is 0 Å². The van der Waals surface area contributed by atoms with Crippen molar-refractivity contribution in [3.8, 4) is 10.6 Å². The minimum atomic E-state index is -4.50. The molecule has 1 aliphatic carbocycles. The summed E-state index contributed by atoms with van der Waals surface area (Å²) in [6, 6.07) is 12.0. The van der Waals surface area contributed by atoms with Gasteiger partial charge in [-0.3, -0.25) is 4.98 Å². The van der Waals surface area contributed by atoms with Crippen LogP contribution in [0.3, 0.4) is 0 Å². The summed E-state index contributed by atoms with van der Waals surface area (Å²) >= 11 is 1.58. The van der Waals surface area contributed by atoms with Gasteiger partial charge in [-0.25, -0.2) is 0 Å². The Labute approximate surface area is 232 Å². The molecule has 5 heterocycles. The van der Waals surface area contributed by atoms with Gasteiger partial charge in [-0.1, -0.05) is 6.07 Å². The highest BCUT2D eigenvalue weighted by Gasteiger charge is 2.34. The zero-order valence-electron chi connectivity index (χ0n) is 21.8. The quantitative estimate of drug-likeness (QED) is 0.285. The van der Waals surface area contributed by atoms with E-state index in [0.29, 0.717) is 34.0 Å². The van der Waals surface area contributed by atoms with E-state index < -0.39 is 11.7 Å². The number of thiophene rings is 1. The zero-order valence-corrected chi connectivity index (χ0v) is 22.6. The molecule has 0 bridgehead atoms. The Morgan fingerprint density at radius 1 is 1.02 bits per heavy atom. The van der Waals surface area contributed by atoms with Crippen LogP contribution in [0.2, 0.25) is 0 Å². The van der Waals surface area contributed by atoms with Gasteiger partial charge in [0, 0.05) is 43.2 Å². The molecule has 1 saturated carbocycles. The summed E-state index contributed by atoms with van der Waals surface area (Å²) in [4.78, 5) is 10.5. The van der Waals surface area contributed by atoms with Gasteiger partial charge < -0.3 is 15.1 Å². The Kier molecular flexibility index (Phi) is 6.12. The predicted molar refractivity (Wildman–Crippen MR) is 150 cm³/mol. The van der Waals surface area contributed by atoms with E-state index in [2.05, 4.69) is 37.5 Å². The Bertz CT molecular complexity index is 1690.